The first-order valence-electron chi connectivity index (χ1n) is 8.52. The van der Waals surface area contributed by atoms with E-state index in [9.17, 15) is 9.59 Å². The highest BCUT2D eigenvalue weighted by Crippen LogP contribution is 2.29. The van der Waals surface area contributed by atoms with Crippen LogP contribution in [0.15, 0.2) is 71.9 Å². The van der Waals surface area contributed by atoms with Crippen molar-refractivity contribution < 1.29 is 4.79 Å². The van der Waals surface area contributed by atoms with Crippen molar-refractivity contribution in [2.75, 3.05) is 14.1 Å². The zero-order chi connectivity index (χ0) is 19.0. The minimum Gasteiger partial charge on any atom is -0.345 e. The van der Waals surface area contributed by atoms with Crippen molar-refractivity contribution in [1.82, 2.24) is 19.4 Å². The molecule has 0 fully saturated rings. The second kappa shape index (κ2) is 6.57. The lowest BCUT2D eigenvalue weighted by Gasteiger charge is -2.10. The van der Waals surface area contributed by atoms with Crippen LogP contribution in [0.5, 0.6) is 0 Å². The van der Waals surface area contributed by atoms with Gasteiger partial charge in [0.15, 0.2) is 0 Å². The molecule has 0 saturated heterocycles. The second-order valence-corrected chi connectivity index (χ2v) is 6.45. The number of para-hydroxylation sites is 1. The van der Waals surface area contributed by atoms with E-state index in [0.29, 0.717) is 16.6 Å². The summed E-state index contributed by atoms with van der Waals surface area (Å²) in [6, 6.07) is 17.0. The fraction of sp³-hybridized carbons (Fsp3) is 0.0952. The van der Waals surface area contributed by atoms with Crippen LogP contribution in [0.2, 0.25) is 0 Å². The van der Waals surface area contributed by atoms with Gasteiger partial charge in [-0.2, -0.15) is 0 Å². The van der Waals surface area contributed by atoms with Gasteiger partial charge in [-0.1, -0.05) is 30.3 Å². The molecule has 0 bridgehead atoms. The zero-order valence-electron chi connectivity index (χ0n) is 15.0. The summed E-state index contributed by atoms with van der Waals surface area (Å²) < 4.78 is 1.84. The molecular formula is C21H18N4O2. The molecule has 0 unspecified atom stereocenters. The second-order valence-electron chi connectivity index (χ2n) is 6.45. The molecule has 0 aliphatic rings. The van der Waals surface area contributed by atoms with E-state index in [0.717, 1.165) is 16.8 Å². The summed E-state index contributed by atoms with van der Waals surface area (Å²) in [4.78, 5) is 33.2. The van der Waals surface area contributed by atoms with Gasteiger partial charge in [-0.15, -0.1) is 0 Å². The van der Waals surface area contributed by atoms with Gasteiger partial charge in [-0.3, -0.25) is 9.59 Å². The number of aromatic amines is 1. The smallest absolute Gasteiger partial charge is 0.275 e. The van der Waals surface area contributed by atoms with Gasteiger partial charge in [0.25, 0.3) is 11.5 Å². The van der Waals surface area contributed by atoms with Crippen LogP contribution in [0.3, 0.4) is 0 Å². The summed E-state index contributed by atoms with van der Waals surface area (Å²) >= 11 is 0. The van der Waals surface area contributed by atoms with Crippen LogP contribution in [0.25, 0.3) is 27.8 Å². The third-order valence-electron chi connectivity index (χ3n) is 4.47. The van der Waals surface area contributed by atoms with Crippen molar-refractivity contribution in [3.8, 4) is 16.8 Å². The number of amides is 1. The standard InChI is InChI=1S/C21H18N4O2/c1-24(2)21(27)15-10-8-14(9-11-15)17-12-25(16-6-4-3-5-7-16)19-18(17)22-13-23-20(19)26/h3-13H,1-2H3,(H,22,23,26). The summed E-state index contributed by atoms with van der Waals surface area (Å²) in [5, 5.41) is 0. The number of rotatable bonds is 3. The molecule has 4 rings (SSSR count). The van der Waals surface area contributed by atoms with Gasteiger partial charge < -0.3 is 14.5 Å². The third-order valence-corrected chi connectivity index (χ3v) is 4.47. The minimum atomic E-state index is -0.200. The van der Waals surface area contributed by atoms with E-state index in [-0.39, 0.29) is 11.5 Å². The Balaban J connectivity index is 1.90. The highest BCUT2D eigenvalue weighted by molar-refractivity contribution is 5.96. The van der Waals surface area contributed by atoms with E-state index < -0.39 is 0 Å². The van der Waals surface area contributed by atoms with Crippen LogP contribution in [-0.2, 0) is 0 Å². The molecule has 0 radical (unpaired) electrons. The molecule has 2 heterocycles. The van der Waals surface area contributed by atoms with E-state index in [1.807, 2.05) is 53.2 Å². The largest absolute Gasteiger partial charge is 0.345 e. The van der Waals surface area contributed by atoms with Crippen molar-refractivity contribution in [3.05, 3.63) is 83.0 Å². The molecular weight excluding hydrogens is 340 g/mol. The number of nitrogens with one attached hydrogen (secondary N) is 1. The summed E-state index contributed by atoms with van der Waals surface area (Å²) in [5.41, 5.74) is 4.14. The first-order chi connectivity index (χ1) is 13.1. The number of H-pyrrole nitrogens is 1. The van der Waals surface area contributed by atoms with E-state index in [1.165, 1.54) is 11.2 Å². The van der Waals surface area contributed by atoms with Gasteiger partial charge in [0.05, 0.1) is 6.33 Å². The van der Waals surface area contributed by atoms with Crippen LogP contribution in [-0.4, -0.2) is 39.4 Å². The molecule has 134 valence electrons. The van der Waals surface area contributed by atoms with E-state index in [2.05, 4.69) is 9.97 Å². The molecule has 4 aromatic rings. The van der Waals surface area contributed by atoms with Crippen molar-refractivity contribution in [2.45, 2.75) is 0 Å². The Kier molecular flexibility index (Phi) is 4.08. The zero-order valence-corrected chi connectivity index (χ0v) is 15.0. The lowest BCUT2D eigenvalue weighted by molar-refractivity contribution is 0.0827. The van der Waals surface area contributed by atoms with E-state index in [4.69, 9.17) is 0 Å². The number of hydrogen-bond acceptors (Lipinski definition) is 3. The number of carbonyl (C=O) groups is 1. The molecule has 1 N–H and O–H groups in total. The summed E-state index contributed by atoms with van der Waals surface area (Å²) in [7, 11) is 3.44. The molecule has 6 heteroatoms. The van der Waals surface area contributed by atoms with E-state index >= 15 is 0 Å². The summed E-state index contributed by atoms with van der Waals surface area (Å²) in [5.74, 6) is -0.0529. The SMILES string of the molecule is CN(C)C(=O)c1ccc(-c2cn(-c3ccccc3)c3c(=O)[nH]cnc23)cc1. The Morgan fingerprint density at radius 3 is 2.41 bits per heavy atom. The molecule has 2 aromatic heterocycles. The Morgan fingerprint density at radius 1 is 1.04 bits per heavy atom. The maximum Gasteiger partial charge on any atom is 0.275 e. The average Bonchev–Trinajstić information content (AvgIpc) is 3.09. The topological polar surface area (TPSA) is 71.0 Å². The Hall–Kier alpha value is -3.67. The monoisotopic (exact) mass is 358 g/mol. The summed E-state index contributed by atoms with van der Waals surface area (Å²) in [6.07, 6.45) is 3.32. The van der Waals surface area contributed by atoms with Crippen LogP contribution < -0.4 is 5.56 Å². The number of nitrogens with zero attached hydrogens (tertiary/aromatic N) is 3. The first-order valence-corrected chi connectivity index (χ1v) is 8.52. The first kappa shape index (κ1) is 16.8. The van der Waals surface area contributed by atoms with Crippen molar-refractivity contribution >= 4 is 16.9 Å². The Morgan fingerprint density at radius 2 is 1.74 bits per heavy atom. The van der Waals surface area contributed by atoms with Gasteiger partial charge >= 0.3 is 0 Å². The van der Waals surface area contributed by atoms with Gasteiger partial charge in [0.2, 0.25) is 0 Å². The van der Waals surface area contributed by atoms with Gasteiger partial charge in [-0.25, -0.2) is 4.98 Å². The molecule has 2 aromatic carbocycles. The molecule has 6 nitrogen and oxygen atoms in total. The normalized spacial score (nSPS) is 10.9. The fourth-order valence-electron chi connectivity index (χ4n) is 3.12. The quantitative estimate of drug-likeness (QED) is 0.612. The number of hydrogen-bond donors (Lipinski definition) is 1. The van der Waals surface area contributed by atoms with Crippen molar-refractivity contribution in [3.63, 3.8) is 0 Å². The predicted molar refractivity (Wildman–Crippen MR) is 105 cm³/mol. The lowest BCUT2D eigenvalue weighted by atomic mass is 10.1. The van der Waals surface area contributed by atoms with Crippen LogP contribution in [0.1, 0.15) is 10.4 Å². The molecule has 0 aliphatic heterocycles. The maximum atomic E-state index is 12.5. The van der Waals surface area contributed by atoms with Gasteiger partial charge in [0.1, 0.15) is 11.0 Å². The van der Waals surface area contributed by atoms with Crippen LogP contribution >= 0.6 is 0 Å². The number of benzene rings is 2. The number of carbonyl (C=O) groups excluding carboxylic acids is 1. The molecule has 0 saturated carbocycles. The maximum absolute atomic E-state index is 12.5. The van der Waals surface area contributed by atoms with Crippen LogP contribution in [0.4, 0.5) is 0 Å². The number of aromatic nitrogens is 3. The van der Waals surface area contributed by atoms with Crippen LogP contribution in [0, 0.1) is 0 Å². The minimum absolute atomic E-state index is 0.0529. The average molecular weight is 358 g/mol. The predicted octanol–water partition coefficient (Wildman–Crippen LogP) is 3.08. The molecule has 0 spiro atoms. The van der Waals surface area contributed by atoms with Gasteiger partial charge in [-0.05, 0) is 29.8 Å². The third kappa shape index (κ3) is 2.91. The Bertz CT molecular complexity index is 1170. The molecule has 1 amide bonds. The number of fused-ring (bicyclic) bond motifs is 1. The fourth-order valence-corrected chi connectivity index (χ4v) is 3.12. The summed E-state index contributed by atoms with van der Waals surface area (Å²) in [6.45, 7) is 0. The Labute approximate surface area is 155 Å². The highest BCUT2D eigenvalue weighted by atomic mass is 16.2. The lowest BCUT2D eigenvalue weighted by Crippen LogP contribution is -2.21. The highest BCUT2D eigenvalue weighted by Gasteiger charge is 2.16. The molecule has 0 atom stereocenters. The van der Waals surface area contributed by atoms with E-state index in [1.54, 1.807) is 26.2 Å². The molecule has 0 aliphatic carbocycles. The molecule has 27 heavy (non-hydrogen) atoms. The van der Waals surface area contributed by atoms with Crippen molar-refractivity contribution in [1.29, 1.82) is 0 Å². The van der Waals surface area contributed by atoms with Gasteiger partial charge in [0, 0.05) is 37.1 Å². The van der Waals surface area contributed by atoms with Crippen molar-refractivity contribution in [2.24, 2.45) is 0 Å².